The summed E-state index contributed by atoms with van der Waals surface area (Å²) >= 11 is 0. The number of benzene rings is 1. The maximum absolute atomic E-state index is 13.6. The summed E-state index contributed by atoms with van der Waals surface area (Å²) in [5.74, 6) is -8.78. The first kappa shape index (κ1) is 21.8. The van der Waals surface area contributed by atoms with Gasteiger partial charge < -0.3 is 31.3 Å². The lowest BCUT2D eigenvalue weighted by molar-refractivity contribution is -0.166. The summed E-state index contributed by atoms with van der Waals surface area (Å²) < 4.78 is 0. The fourth-order valence-electron chi connectivity index (χ4n) is 5.21. The summed E-state index contributed by atoms with van der Waals surface area (Å²) in [6.07, 6.45) is -1.69. The van der Waals surface area contributed by atoms with Crippen LogP contribution in [0.3, 0.4) is 0 Å². The third kappa shape index (κ3) is 2.42. The first-order valence-corrected chi connectivity index (χ1v) is 9.71. The topological polar surface area (TPSA) is 182 Å². The number of aliphatic hydroxyl groups is 4. The van der Waals surface area contributed by atoms with Gasteiger partial charge in [0.05, 0.1) is 29.2 Å². The Labute approximate surface area is 182 Å². The molecule has 1 aromatic carbocycles. The molecule has 1 aromatic rings. The van der Waals surface area contributed by atoms with Crippen LogP contribution in [0.2, 0.25) is 0 Å². The van der Waals surface area contributed by atoms with Crippen molar-refractivity contribution >= 4 is 28.8 Å². The van der Waals surface area contributed by atoms with E-state index >= 15 is 0 Å². The predicted molar refractivity (Wildman–Crippen MR) is 111 cm³/mol. The number of Topliss-reactive ketones (excluding diaryl/α,β-unsaturated/α-hetero) is 2. The third-order valence-corrected chi connectivity index (χ3v) is 6.61. The quantitative estimate of drug-likeness (QED) is 0.326. The van der Waals surface area contributed by atoms with Gasteiger partial charge in [-0.2, -0.15) is 0 Å². The molecule has 7 N–H and O–H groups in total. The Bertz CT molecular complexity index is 1180. The number of phenolic OH excluding ortho intramolecular Hbond substituents is 1. The molecule has 0 heterocycles. The molecule has 0 aliphatic heterocycles. The molecule has 4 rings (SSSR count). The number of fused-ring (bicyclic) bond motifs is 3. The first-order valence-electron chi connectivity index (χ1n) is 9.71. The summed E-state index contributed by atoms with van der Waals surface area (Å²) in [6.45, 7) is 3.91. The lowest BCUT2D eigenvalue weighted by Gasteiger charge is -2.52. The van der Waals surface area contributed by atoms with Crippen LogP contribution in [0, 0.1) is 11.8 Å². The second kappa shape index (κ2) is 6.76. The minimum absolute atomic E-state index is 0.124. The van der Waals surface area contributed by atoms with E-state index < -0.39 is 69.7 Å². The average molecular weight is 442 g/mol. The predicted octanol–water partition coefficient (Wildman–Crippen LogP) is -0.594. The highest BCUT2D eigenvalue weighted by Crippen LogP contribution is 2.55. The van der Waals surface area contributed by atoms with Crippen molar-refractivity contribution in [3.8, 4) is 5.75 Å². The van der Waals surface area contributed by atoms with Gasteiger partial charge in [0.25, 0.3) is 5.91 Å². The molecule has 3 aliphatic carbocycles. The van der Waals surface area contributed by atoms with Crippen LogP contribution < -0.4 is 5.73 Å². The van der Waals surface area contributed by atoms with Gasteiger partial charge >= 0.3 is 0 Å². The molecule has 1 amide bonds. The van der Waals surface area contributed by atoms with Crippen molar-refractivity contribution in [2.75, 3.05) is 14.1 Å². The monoisotopic (exact) mass is 442 g/mol. The molecule has 5 atom stereocenters. The summed E-state index contributed by atoms with van der Waals surface area (Å²) in [5, 5.41) is 54.7. The smallest absolute Gasteiger partial charge is 0.255 e. The van der Waals surface area contributed by atoms with Crippen LogP contribution in [0.5, 0.6) is 5.75 Å². The molecule has 1 saturated carbocycles. The number of carbonyl (C=O) groups excluding carboxylic acids is 3. The Kier molecular flexibility index (Phi) is 4.60. The zero-order valence-corrected chi connectivity index (χ0v) is 17.2. The number of aliphatic hydroxyl groups excluding tert-OH is 3. The number of carbonyl (C=O) groups is 3. The molecule has 0 saturated heterocycles. The van der Waals surface area contributed by atoms with Gasteiger partial charge in [-0.1, -0.05) is 18.7 Å². The number of nitrogens with two attached hydrogens (primary N) is 1. The zero-order valence-electron chi connectivity index (χ0n) is 17.2. The highest BCUT2D eigenvalue weighted by molar-refractivity contribution is 6.25. The van der Waals surface area contributed by atoms with Gasteiger partial charge in [-0.3, -0.25) is 19.3 Å². The van der Waals surface area contributed by atoms with Gasteiger partial charge in [0.2, 0.25) is 5.78 Å². The molecule has 0 radical (unpaired) electrons. The van der Waals surface area contributed by atoms with E-state index in [1.807, 2.05) is 0 Å². The Morgan fingerprint density at radius 3 is 2.38 bits per heavy atom. The van der Waals surface area contributed by atoms with Crippen LogP contribution in [0.25, 0.3) is 11.3 Å². The van der Waals surface area contributed by atoms with E-state index in [2.05, 4.69) is 6.58 Å². The van der Waals surface area contributed by atoms with Crippen LogP contribution in [-0.4, -0.2) is 79.7 Å². The van der Waals surface area contributed by atoms with Crippen LogP contribution in [0.4, 0.5) is 0 Å². The summed E-state index contributed by atoms with van der Waals surface area (Å²) in [5.41, 5.74) is 1.16. The van der Waals surface area contributed by atoms with Crippen molar-refractivity contribution in [3.63, 3.8) is 0 Å². The number of amides is 1. The Morgan fingerprint density at radius 1 is 1.19 bits per heavy atom. The maximum Gasteiger partial charge on any atom is 0.255 e. The van der Waals surface area contributed by atoms with Crippen LogP contribution in [-0.2, 0) is 14.4 Å². The first-order chi connectivity index (χ1) is 14.9. The van der Waals surface area contributed by atoms with Gasteiger partial charge in [0, 0.05) is 5.92 Å². The van der Waals surface area contributed by atoms with Gasteiger partial charge in [-0.25, -0.2) is 0 Å². The number of hydrogen-bond acceptors (Lipinski definition) is 9. The molecule has 0 spiro atoms. The molecule has 10 nitrogen and oxygen atoms in total. The number of primary amides is 1. The fraction of sp³-hybridized carbons (Fsp3) is 0.318. The number of hydrogen-bond donors (Lipinski definition) is 6. The molecule has 1 fully saturated rings. The normalized spacial score (nSPS) is 32.1. The summed E-state index contributed by atoms with van der Waals surface area (Å²) in [4.78, 5) is 39.8. The lowest BCUT2D eigenvalue weighted by atomic mass is 9.55. The largest absolute Gasteiger partial charge is 0.508 e. The van der Waals surface area contributed by atoms with Crippen LogP contribution in [0.15, 0.2) is 41.7 Å². The zero-order chi connectivity index (χ0) is 23.9. The Morgan fingerprint density at radius 2 is 1.81 bits per heavy atom. The molecule has 0 aromatic heterocycles. The highest BCUT2D eigenvalue weighted by atomic mass is 16.4. The molecule has 32 heavy (non-hydrogen) atoms. The number of nitrogens with zero attached hydrogens (tertiary/aromatic N) is 1. The Balaban J connectivity index is 2.08. The standard InChI is InChI=1S/C22H22N2O8/c1-7-8-5-4-6-9(25)11(8)16(26)12-10(7)17(27)14-15(24(2)3)18(28)13(21(23)31)20(30)22(14,32)19(12)29/h4-6,10,14-15,17,25-27,30,32H,1H2,2-3H3,(H2,23,31)/t10-,14-,15?,17+,22+/m1/s1. The second-order valence-electron chi connectivity index (χ2n) is 8.44. The average Bonchev–Trinajstić information content (AvgIpc) is 2.70. The fourth-order valence-corrected chi connectivity index (χ4v) is 5.21. The molecule has 168 valence electrons. The Hall–Kier alpha value is -3.47. The van der Waals surface area contributed by atoms with E-state index in [0.29, 0.717) is 0 Å². The lowest BCUT2D eigenvalue weighted by Crippen LogP contribution is -2.70. The SMILES string of the molecule is C=C1c2cccc(O)c2C(O)=C2C(=O)[C@]3(O)C(O)=C(C(N)=O)C(=O)C(N(C)C)[C@@H]3[C@@H](O)[C@H]12. The van der Waals surface area contributed by atoms with Crippen molar-refractivity contribution in [2.45, 2.75) is 17.7 Å². The van der Waals surface area contributed by atoms with E-state index in [-0.39, 0.29) is 22.4 Å². The number of likely N-dealkylation sites (N-methyl/N-ethyl adjacent to an activating group) is 1. The van der Waals surface area contributed by atoms with Gasteiger partial charge in [-0.15, -0.1) is 0 Å². The molecule has 1 unspecified atom stereocenters. The van der Waals surface area contributed by atoms with Crippen molar-refractivity contribution in [1.29, 1.82) is 0 Å². The van der Waals surface area contributed by atoms with Crippen molar-refractivity contribution in [3.05, 3.63) is 52.8 Å². The number of rotatable bonds is 2. The second-order valence-corrected chi connectivity index (χ2v) is 8.44. The third-order valence-electron chi connectivity index (χ3n) is 6.61. The number of aromatic hydroxyl groups is 1. The van der Waals surface area contributed by atoms with Gasteiger partial charge in [0.1, 0.15) is 22.8 Å². The maximum atomic E-state index is 13.6. The molecule has 3 aliphatic rings. The molecular weight excluding hydrogens is 420 g/mol. The number of phenols is 1. The summed E-state index contributed by atoms with van der Waals surface area (Å²) in [6, 6.07) is 2.89. The van der Waals surface area contributed by atoms with E-state index in [1.165, 1.54) is 37.2 Å². The van der Waals surface area contributed by atoms with Crippen LogP contribution >= 0.6 is 0 Å². The van der Waals surface area contributed by atoms with Gasteiger partial charge in [0.15, 0.2) is 11.4 Å². The summed E-state index contributed by atoms with van der Waals surface area (Å²) in [7, 11) is 2.88. The van der Waals surface area contributed by atoms with E-state index in [1.54, 1.807) is 0 Å². The minimum Gasteiger partial charge on any atom is -0.508 e. The van der Waals surface area contributed by atoms with Crippen molar-refractivity contribution in [1.82, 2.24) is 4.90 Å². The van der Waals surface area contributed by atoms with Crippen LogP contribution in [0.1, 0.15) is 11.1 Å². The van der Waals surface area contributed by atoms with Crippen molar-refractivity contribution in [2.24, 2.45) is 17.6 Å². The highest BCUT2D eigenvalue weighted by Gasteiger charge is 2.68. The molecular formula is C22H22N2O8. The van der Waals surface area contributed by atoms with E-state index in [4.69, 9.17) is 5.73 Å². The van der Waals surface area contributed by atoms with Gasteiger partial charge in [-0.05, 0) is 31.3 Å². The van der Waals surface area contributed by atoms with E-state index in [9.17, 15) is 39.9 Å². The minimum atomic E-state index is -2.94. The van der Waals surface area contributed by atoms with Crippen molar-refractivity contribution < 1.29 is 39.9 Å². The number of ketones is 2. The molecule has 0 bridgehead atoms. The molecule has 10 heteroatoms. The van der Waals surface area contributed by atoms with E-state index in [0.717, 1.165) is 0 Å².